The van der Waals surface area contributed by atoms with Crippen molar-refractivity contribution in [1.82, 2.24) is 0 Å². The van der Waals surface area contributed by atoms with Gasteiger partial charge in [-0.2, -0.15) is 0 Å². The van der Waals surface area contributed by atoms with Crippen molar-refractivity contribution < 1.29 is 9.47 Å². The topological polar surface area (TPSA) is 24.9 Å². The van der Waals surface area contributed by atoms with Gasteiger partial charge in [0.2, 0.25) is 0 Å². The summed E-state index contributed by atoms with van der Waals surface area (Å²) in [6, 6.07) is 170. The molecule has 0 saturated heterocycles. The number of rotatable bonds is 7. The van der Waals surface area contributed by atoms with Crippen molar-refractivity contribution in [1.29, 1.82) is 0 Å². The minimum atomic E-state index is -0.552. The Bertz CT molecular complexity index is 7950. The zero-order valence-corrected chi connectivity index (χ0v) is 71.1. The Labute approximate surface area is 751 Å². The molecule has 20 aromatic carbocycles. The molecule has 4 heteroatoms. The van der Waals surface area contributed by atoms with Crippen LogP contribution in [0.5, 0.6) is 23.0 Å². The number of fused-ring (bicyclic) bond motifs is 37. The van der Waals surface area contributed by atoms with Gasteiger partial charge in [-0.15, -0.1) is 0 Å². The highest BCUT2D eigenvalue weighted by Gasteiger charge is 2.52. The van der Waals surface area contributed by atoms with E-state index >= 15 is 0 Å². The van der Waals surface area contributed by atoms with Crippen LogP contribution >= 0.6 is 0 Å². The molecule has 27 rings (SSSR count). The second kappa shape index (κ2) is 28.8. The standard InChI is InChI=1S/C64H43NO.C61H39NO/c1-63(2)55-26-12-7-23-49(55)51-34-31-42(39-60(51)63)65(41-33-36-62-54(38-41)46-20-6-5-19-45(46)52-25-11-16-30-61(52)66-62)40-32-35-59-53(37-40)50-24-10-15-29-58(50)64(59)56-27-13-8-21-47(56)43-17-3-4-18-44(43)48-22-9-14-28-57(48)64;1-2-18-40(19-3-1)43-20-11-16-32-58(43)62(42-35-37-60-53(39-42)47-24-7-6-23-46(47)51-28-12-17-33-59(51)63-60)41-34-36-57-52(38-41)50-27-10-15-31-56(50)61(57)54-29-13-8-25-48(54)44-21-4-5-22-45(44)49-26-9-14-30-55(49)61/h3-39H,1-2H3;1-39H. The SMILES string of the molecule is CC1(C)c2ccccc2-c2ccc(N(c3ccc4c(c3)-c3ccccc3-c3ccccc3O4)c3ccc4c(c3)-c3ccccc3C43c4ccccc4-c4ccccc4-c4ccccc43)cc21.c1ccc(-c2ccccc2N(c2ccc3c(c2)-c2ccccc2-c2ccccc2O3)c2ccc3c(c2)-c2ccccc2C32c3ccccc3-c3ccccc3-c3ccccc32)cc1. The summed E-state index contributed by atoms with van der Waals surface area (Å²) in [7, 11) is 0. The molecule has 2 aliphatic heterocycles. The molecule has 604 valence electrons. The molecular weight excluding hydrogens is 1560 g/mol. The smallest absolute Gasteiger partial charge is 0.135 e. The molecule has 0 amide bonds. The summed E-state index contributed by atoms with van der Waals surface area (Å²) < 4.78 is 13.6. The molecule has 2 spiro atoms. The van der Waals surface area contributed by atoms with E-state index in [1.54, 1.807) is 0 Å². The average molecular weight is 1640 g/mol. The van der Waals surface area contributed by atoms with Gasteiger partial charge in [0.25, 0.3) is 0 Å². The Morgan fingerprint density at radius 2 is 0.395 bits per heavy atom. The molecule has 0 atom stereocenters. The normalized spacial score (nSPS) is 13.7. The van der Waals surface area contributed by atoms with E-state index in [1.165, 1.54) is 134 Å². The molecule has 0 fully saturated rings. The average Bonchev–Trinajstić information content (AvgIpc) is 1.52. The highest BCUT2D eigenvalue weighted by atomic mass is 16.5. The number of para-hydroxylation sites is 3. The number of benzene rings is 20. The van der Waals surface area contributed by atoms with Crippen LogP contribution in [0.15, 0.2) is 461 Å². The largest absolute Gasteiger partial charge is 0.456 e. The van der Waals surface area contributed by atoms with Crippen LogP contribution in [0, 0.1) is 0 Å². The van der Waals surface area contributed by atoms with Gasteiger partial charge in [0, 0.05) is 61.7 Å². The molecular formula is C125H82N2O2. The van der Waals surface area contributed by atoms with Crippen LogP contribution in [0.3, 0.4) is 0 Å². The maximum atomic E-state index is 6.79. The first kappa shape index (κ1) is 74.1. The van der Waals surface area contributed by atoms with Crippen molar-refractivity contribution in [3.63, 3.8) is 0 Å². The van der Waals surface area contributed by atoms with Gasteiger partial charge in [-0.05, 0) is 252 Å². The number of hydrogen-bond donors (Lipinski definition) is 0. The molecule has 0 radical (unpaired) electrons. The number of anilines is 6. The van der Waals surface area contributed by atoms with Gasteiger partial charge >= 0.3 is 0 Å². The lowest BCUT2D eigenvalue weighted by Gasteiger charge is -2.35. The maximum absolute atomic E-state index is 6.79. The van der Waals surface area contributed by atoms with Gasteiger partial charge in [-0.1, -0.05) is 384 Å². The predicted octanol–water partition coefficient (Wildman–Crippen LogP) is 33.2. The minimum absolute atomic E-state index is 0.166. The summed E-state index contributed by atoms with van der Waals surface area (Å²) in [6.07, 6.45) is 0. The van der Waals surface area contributed by atoms with Crippen LogP contribution in [0.4, 0.5) is 34.1 Å². The monoisotopic (exact) mass is 1640 g/mol. The third-order valence-electron chi connectivity index (χ3n) is 28.6. The Morgan fingerprint density at radius 1 is 0.155 bits per heavy atom. The lowest BCUT2D eigenvalue weighted by Crippen LogP contribution is -2.29. The predicted molar refractivity (Wildman–Crippen MR) is 531 cm³/mol. The van der Waals surface area contributed by atoms with Gasteiger partial charge in [-0.3, -0.25) is 0 Å². The van der Waals surface area contributed by atoms with Crippen LogP contribution in [0.2, 0.25) is 0 Å². The Kier molecular flexibility index (Phi) is 16.6. The van der Waals surface area contributed by atoms with Gasteiger partial charge in [0.15, 0.2) is 0 Å². The van der Waals surface area contributed by atoms with Crippen molar-refractivity contribution in [3.05, 3.63) is 517 Å². The maximum Gasteiger partial charge on any atom is 0.135 e. The van der Waals surface area contributed by atoms with E-state index in [-0.39, 0.29) is 5.41 Å². The van der Waals surface area contributed by atoms with Crippen LogP contribution in [-0.4, -0.2) is 0 Å². The number of ether oxygens (including phenoxy) is 2. The molecule has 5 aliphatic carbocycles. The molecule has 7 aliphatic rings. The summed E-state index contributed by atoms with van der Waals surface area (Å²) in [5, 5.41) is 0. The summed E-state index contributed by atoms with van der Waals surface area (Å²) in [6.45, 7) is 4.74. The summed E-state index contributed by atoms with van der Waals surface area (Å²) in [4.78, 5) is 4.92. The summed E-state index contributed by atoms with van der Waals surface area (Å²) in [5.41, 5.74) is 47.4. The van der Waals surface area contributed by atoms with Crippen LogP contribution in [0.1, 0.15) is 69.5 Å². The molecule has 0 aromatic heterocycles. The van der Waals surface area contributed by atoms with E-state index in [1.807, 2.05) is 6.07 Å². The summed E-state index contributed by atoms with van der Waals surface area (Å²) >= 11 is 0. The van der Waals surface area contributed by atoms with E-state index in [4.69, 9.17) is 9.47 Å². The highest BCUT2D eigenvalue weighted by molar-refractivity contribution is 6.04. The fourth-order valence-electron chi connectivity index (χ4n) is 23.2. The fraction of sp³-hybridized carbons (Fsp3) is 0.0400. The van der Waals surface area contributed by atoms with Crippen LogP contribution < -0.4 is 19.3 Å². The lowest BCUT2D eigenvalue weighted by atomic mass is 9.66. The fourth-order valence-corrected chi connectivity index (χ4v) is 23.2. The van der Waals surface area contributed by atoms with Crippen molar-refractivity contribution in [3.8, 4) is 157 Å². The van der Waals surface area contributed by atoms with Crippen molar-refractivity contribution in [2.45, 2.75) is 30.1 Å². The first-order valence-corrected chi connectivity index (χ1v) is 44.8. The van der Waals surface area contributed by atoms with E-state index in [9.17, 15) is 0 Å². The minimum Gasteiger partial charge on any atom is -0.456 e. The van der Waals surface area contributed by atoms with Crippen LogP contribution in [-0.2, 0) is 16.2 Å². The molecule has 0 saturated carbocycles. The zero-order chi connectivity index (χ0) is 85.2. The van der Waals surface area contributed by atoms with Gasteiger partial charge in [-0.25, -0.2) is 0 Å². The zero-order valence-electron chi connectivity index (χ0n) is 71.1. The van der Waals surface area contributed by atoms with E-state index in [0.717, 1.165) is 113 Å². The molecule has 0 bridgehead atoms. The Balaban J connectivity index is 0.000000136. The second-order valence-electron chi connectivity index (χ2n) is 35.4. The van der Waals surface area contributed by atoms with E-state index < -0.39 is 10.8 Å². The number of nitrogens with zero attached hydrogens (tertiary/aromatic N) is 2. The van der Waals surface area contributed by atoms with Crippen molar-refractivity contribution in [2.75, 3.05) is 9.80 Å². The van der Waals surface area contributed by atoms with Gasteiger partial charge < -0.3 is 19.3 Å². The van der Waals surface area contributed by atoms with Gasteiger partial charge in [0.1, 0.15) is 23.0 Å². The molecule has 0 unspecified atom stereocenters. The third-order valence-corrected chi connectivity index (χ3v) is 28.6. The molecule has 2 heterocycles. The lowest BCUT2D eigenvalue weighted by molar-refractivity contribution is 0.487. The molecule has 4 nitrogen and oxygen atoms in total. The first-order chi connectivity index (χ1) is 63.8. The third kappa shape index (κ3) is 10.9. The van der Waals surface area contributed by atoms with Gasteiger partial charge in [0.05, 0.1) is 16.5 Å². The Morgan fingerprint density at radius 3 is 0.791 bits per heavy atom. The summed E-state index contributed by atoms with van der Waals surface area (Å²) in [5.74, 6) is 3.41. The number of hydrogen-bond acceptors (Lipinski definition) is 4. The highest BCUT2D eigenvalue weighted by Crippen LogP contribution is 2.66. The van der Waals surface area contributed by atoms with Crippen LogP contribution in [0.25, 0.3) is 134 Å². The second-order valence-corrected chi connectivity index (χ2v) is 35.4. The molecule has 0 N–H and O–H groups in total. The van der Waals surface area contributed by atoms with E-state index in [0.29, 0.717) is 0 Å². The first-order valence-electron chi connectivity index (χ1n) is 44.8. The Hall–Kier alpha value is -16.4. The van der Waals surface area contributed by atoms with Crippen molar-refractivity contribution >= 4 is 34.1 Å². The quantitative estimate of drug-likeness (QED) is 0.159. The van der Waals surface area contributed by atoms with E-state index in [2.05, 4.69) is 479 Å². The molecule has 20 aromatic rings. The van der Waals surface area contributed by atoms with Crippen molar-refractivity contribution in [2.24, 2.45) is 0 Å². The molecule has 129 heavy (non-hydrogen) atoms.